The fourth-order valence-electron chi connectivity index (χ4n) is 2.25. The van der Waals surface area contributed by atoms with E-state index in [1.165, 1.54) is 0 Å². The highest BCUT2D eigenvalue weighted by Crippen LogP contribution is 2.22. The van der Waals surface area contributed by atoms with E-state index >= 15 is 0 Å². The number of aliphatic imine (C=N–C) groups is 1. The lowest BCUT2D eigenvalue weighted by Crippen LogP contribution is -2.42. The Labute approximate surface area is 131 Å². The lowest BCUT2D eigenvalue weighted by molar-refractivity contribution is 0.0491. The Hall–Kier alpha value is -1.30. The zero-order valence-electron chi connectivity index (χ0n) is 12.9. The summed E-state index contributed by atoms with van der Waals surface area (Å²) in [6, 6.07) is 0.0591. The zero-order chi connectivity index (χ0) is 16.0. The molecule has 4 N–H and O–H groups in total. The zero-order valence-corrected chi connectivity index (χ0v) is 13.6. The molecule has 3 atom stereocenters. The molecule has 0 aromatic rings. The van der Waals surface area contributed by atoms with Gasteiger partial charge in [-0.1, -0.05) is 0 Å². The van der Waals surface area contributed by atoms with E-state index in [0.717, 1.165) is 25.5 Å². The summed E-state index contributed by atoms with van der Waals surface area (Å²) >= 11 is 5.84. The van der Waals surface area contributed by atoms with Gasteiger partial charge in [0, 0.05) is 12.3 Å². The molecule has 0 bridgehead atoms. The number of nitrogens with two attached hydrogens (primary N) is 1. The summed E-state index contributed by atoms with van der Waals surface area (Å²) in [5.41, 5.74) is 5.24. The number of rotatable bonds is 4. The molecule has 21 heavy (non-hydrogen) atoms. The molecule has 0 aromatic heterocycles. The smallest absolute Gasteiger partial charge is 0.407 e. The van der Waals surface area contributed by atoms with Crippen LogP contribution < -0.4 is 11.1 Å². The fourth-order valence-corrected chi connectivity index (χ4v) is 2.31. The van der Waals surface area contributed by atoms with E-state index in [-0.39, 0.29) is 17.9 Å². The monoisotopic (exact) mass is 316 g/mol. The van der Waals surface area contributed by atoms with Crippen LogP contribution in [0.2, 0.25) is 0 Å². The van der Waals surface area contributed by atoms with Crippen LogP contribution in [-0.4, -0.2) is 41.2 Å². The Balaban J connectivity index is 2.53. The van der Waals surface area contributed by atoms with Crippen molar-refractivity contribution in [1.29, 1.82) is 5.41 Å². The molecular weight excluding hydrogens is 292 g/mol. The molecular formula is C14H25ClN4O2. The summed E-state index contributed by atoms with van der Waals surface area (Å²) in [7, 11) is 0. The van der Waals surface area contributed by atoms with Gasteiger partial charge in [0.25, 0.3) is 0 Å². The molecule has 0 aromatic carbocycles. The Kier molecular flexibility index (Phi) is 6.45. The molecule has 7 heteroatoms. The number of alkyl carbamates (subject to hydrolysis) is 1. The van der Waals surface area contributed by atoms with E-state index in [0.29, 0.717) is 6.42 Å². The first-order valence-corrected chi connectivity index (χ1v) is 7.62. The summed E-state index contributed by atoms with van der Waals surface area (Å²) < 4.78 is 5.25. The first-order valence-electron chi connectivity index (χ1n) is 7.18. The number of amides is 1. The number of halogens is 1. The van der Waals surface area contributed by atoms with E-state index in [1.807, 2.05) is 20.8 Å². The molecule has 1 fully saturated rings. The van der Waals surface area contributed by atoms with Gasteiger partial charge >= 0.3 is 6.09 Å². The molecule has 0 saturated heterocycles. The summed E-state index contributed by atoms with van der Waals surface area (Å²) in [6.07, 6.45) is 4.13. The maximum absolute atomic E-state index is 11.8. The maximum Gasteiger partial charge on any atom is 0.407 e. The van der Waals surface area contributed by atoms with Crippen molar-refractivity contribution < 1.29 is 9.53 Å². The number of nitrogens with one attached hydrogen (secondary N) is 2. The number of carbonyl (C=O) groups excluding carboxylic acids is 1. The SMILES string of the molecule is CC(C)(C)OC(=O)NC1CCCC(N=C(N)C(Cl)C=N)C1. The van der Waals surface area contributed by atoms with Gasteiger partial charge in [0.1, 0.15) is 16.8 Å². The minimum Gasteiger partial charge on any atom is -0.444 e. The van der Waals surface area contributed by atoms with Crippen molar-refractivity contribution in [2.75, 3.05) is 0 Å². The van der Waals surface area contributed by atoms with Crippen LogP contribution in [0.1, 0.15) is 46.5 Å². The van der Waals surface area contributed by atoms with Gasteiger partial charge in [-0.25, -0.2) is 4.79 Å². The van der Waals surface area contributed by atoms with Crippen LogP contribution >= 0.6 is 11.6 Å². The second-order valence-electron chi connectivity index (χ2n) is 6.29. The third-order valence-corrected chi connectivity index (χ3v) is 3.48. The van der Waals surface area contributed by atoms with E-state index in [9.17, 15) is 4.79 Å². The van der Waals surface area contributed by atoms with Gasteiger partial charge in [-0.2, -0.15) is 0 Å². The lowest BCUT2D eigenvalue weighted by atomic mass is 9.91. The van der Waals surface area contributed by atoms with Crippen LogP contribution in [0.3, 0.4) is 0 Å². The van der Waals surface area contributed by atoms with Crippen molar-refractivity contribution in [3.63, 3.8) is 0 Å². The molecule has 0 radical (unpaired) electrons. The number of ether oxygens (including phenoxy) is 1. The Morgan fingerprint density at radius 1 is 1.52 bits per heavy atom. The minimum absolute atomic E-state index is 0.0277. The Morgan fingerprint density at radius 3 is 2.76 bits per heavy atom. The van der Waals surface area contributed by atoms with E-state index < -0.39 is 17.1 Å². The summed E-state index contributed by atoms with van der Waals surface area (Å²) in [5, 5.41) is 9.29. The predicted molar refractivity (Wildman–Crippen MR) is 85.5 cm³/mol. The van der Waals surface area contributed by atoms with Crippen molar-refractivity contribution in [3.05, 3.63) is 0 Å². The maximum atomic E-state index is 11.8. The van der Waals surface area contributed by atoms with Crippen molar-refractivity contribution in [1.82, 2.24) is 5.32 Å². The van der Waals surface area contributed by atoms with Crippen molar-refractivity contribution >= 4 is 29.7 Å². The number of hydrogen-bond donors (Lipinski definition) is 3. The molecule has 3 unspecified atom stereocenters. The van der Waals surface area contributed by atoms with Gasteiger partial charge in [0.15, 0.2) is 0 Å². The van der Waals surface area contributed by atoms with Crippen LogP contribution in [0, 0.1) is 5.41 Å². The quantitative estimate of drug-likeness (QED) is 0.422. The fraction of sp³-hybridized carbons (Fsp3) is 0.786. The molecule has 1 saturated carbocycles. The largest absolute Gasteiger partial charge is 0.444 e. The van der Waals surface area contributed by atoms with Gasteiger partial charge in [0.05, 0.1) is 6.04 Å². The molecule has 1 aliphatic rings. The molecule has 1 amide bonds. The highest BCUT2D eigenvalue weighted by molar-refractivity contribution is 6.39. The summed E-state index contributed by atoms with van der Waals surface area (Å²) in [5.74, 6) is 0.259. The van der Waals surface area contributed by atoms with E-state index in [4.69, 9.17) is 27.5 Å². The van der Waals surface area contributed by atoms with Crippen LogP contribution in [0.15, 0.2) is 4.99 Å². The highest BCUT2D eigenvalue weighted by atomic mass is 35.5. The second kappa shape index (κ2) is 7.64. The third-order valence-electron chi connectivity index (χ3n) is 3.13. The standard InChI is InChI=1S/C14H25ClN4O2/c1-14(2,3)21-13(20)19-10-6-4-5-9(7-10)18-12(17)11(15)8-16/h8-11,16H,4-7H2,1-3H3,(H2,17,18)(H,19,20). The number of hydrogen-bond acceptors (Lipinski definition) is 4. The average molecular weight is 317 g/mol. The van der Waals surface area contributed by atoms with E-state index in [1.54, 1.807) is 0 Å². The lowest BCUT2D eigenvalue weighted by Gasteiger charge is -2.29. The first-order chi connectivity index (χ1) is 9.71. The topological polar surface area (TPSA) is 101 Å². The molecule has 1 rings (SSSR count). The van der Waals surface area contributed by atoms with E-state index in [2.05, 4.69) is 10.3 Å². The molecule has 0 spiro atoms. The molecule has 120 valence electrons. The normalized spacial score (nSPS) is 25.0. The van der Waals surface area contributed by atoms with Gasteiger partial charge in [-0.3, -0.25) is 4.99 Å². The Bertz CT molecular complexity index is 406. The summed E-state index contributed by atoms with van der Waals surface area (Å²) in [6.45, 7) is 5.50. The first kappa shape index (κ1) is 17.8. The molecule has 0 aliphatic heterocycles. The van der Waals surface area contributed by atoms with Gasteiger partial charge in [-0.15, -0.1) is 11.6 Å². The van der Waals surface area contributed by atoms with Crippen molar-refractivity contribution in [2.45, 2.75) is 69.5 Å². The average Bonchev–Trinajstić information content (AvgIpc) is 2.35. The number of carbonyl (C=O) groups is 1. The molecule has 6 nitrogen and oxygen atoms in total. The highest BCUT2D eigenvalue weighted by Gasteiger charge is 2.25. The van der Waals surface area contributed by atoms with Crippen LogP contribution in [0.4, 0.5) is 4.79 Å². The van der Waals surface area contributed by atoms with Gasteiger partial charge in [-0.05, 0) is 46.5 Å². The number of nitrogens with zero attached hydrogens (tertiary/aromatic N) is 1. The van der Waals surface area contributed by atoms with Gasteiger partial charge in [0.2, 0.25) is 0 Å². The number of alkyl halides is 1. The van der Waals surface area contributed by atoms with Crippen LogP contribution in [-0.2, 0) is 4.74 Å². The van der Waals surface area contributed by atoms with Gasteiger partial charge < -0.3 is 21.2 Å². The predicted octanol–water partition coefficient (Wildman–Crippen LogP) is 2.44. The summed E-state index contributed by atoms with van der Waals surface area (Å²) in [4.78, 5) is 16.1. The van der Waals surface area contributed by atoms with Crippen LogP contribution in [0.25, 0.3) is 0 Å². The molecule has 0 heterocycles. The minimum atomic E-state index is -0.663. The number of amidine groups is 1. The van der Waals surface area contributed by atoms with Crippen molar-refractivity contribution in [2.24, 2.45) is 10.7 Å². The van der Waals surface area contributed by atoms with Crippen LogP contribution in [0.5, 0.6) is 0 Å². The molecule has 1 aliphatic carbocycles. The second-order valence-corrected chi connectivity index (χ2v) is 6.76. The Morgan fingerprint density at radius 2 is 2.19 bits per heavy atom. The van der Waals surface area contributed by atoms with Crippen molar-refractivity contribution in [3.8, 4) is 0 Å². The third kappa shape index (κ3) is 6.80.